The lowest BCUT2D eigenvalue weighted by Gasteiger charge is -2.36. The van der Waals surface area contributed by atoms with Crippen molar-refractivity contribution in [3.8, 4) is 0 Å². The maximum atomic E-state index is 11.9. The van der Waals surface area contributed by atoms with Crippen LogP contribution in [-0.2, 0) is 4.79 Å². The van der Waals surface area contributed by atoms with E-state index >= 15 is 0 Å². The van der Waals surface area contributed by atoms with E-state index < -0.39 is 0 Å². The molecule has 1 amide bonds. The van der Waals surface area contributed by atoms with Crippen molar-refractivity contribution in [2.75, 3.05) is 6.54 Å². The third kappa shape index (κ3) is 2.51. The fourth-order valence-corrected chi connectivity index (χ4v) is 2.86. The van der Waals surface area contributed by atoms with E-state index in [-0.39, 0.29) is 11.9 Å². The van der Waals surface area contributed by atoms with E-state index in [2.05, 4.69) is 4.90 Å². The molecule has 1 aliphatic heterocycles. The molecule has 0 aromatic rings. The van der Waals surface area contributed by atoms with Gasteiger partial charge in [-0.05, 0) is 25.7 Å². The molecule has 1 aliphatic carbocycles. The first-order chi connectivity index (χ1) is 7.29. The SMILES string of the molecule is NC1CCCN(C2CCCCCC2)C1=O. The Hall–Kier alpha value is -0.570. The summed E-state index contributed by atoms with van der Waals surface area (Å²) in [4.78, 5) is 14.0. The highest BCUT2D eigenvalue weighted by molar-refractivity contribution is 5.82. The number of nitrogens with zero attached hydrogens (tertiary/aromatic N) is 1. The highest BCUT2D eigenvalue weighted by atomic mass is 16.2. The average molecular weight is 210 g/mol. The highest BCUT2D eigenvalue weighted by Gasteiger charge is 2.30. The minimum atomic E-state index is -0.220. The first-order valence-corrected chi connectivity index (χ1v) is 6.35. The van der Waals surface area contributed by atoms with Gasteiger partial charge in [0.2, 0.25) is 5.91 Å². The molecular weight excluding hydrogens is 188 g/mol. The summed E-state index contributed by atoms with van der Waals surface area (Å²) in [5.41, 5.74) is 5.82. The Morgan fingerprint density at radius 2 is 1.67 bits per heavy atom. The maximum absolute atomic E-state index is 11.9. The fraction of sp³-hybridized carbons (Fsp3) is 0.917. The van der Waals surface area contributed by atoms with Crippen LogP contribution < -0.4 is 5.73 Å². The number of likely N-dealkylation sites (tertiary alicyclic amines) is 1. The molecule has 0 bridgehead atoms. The van der Waals surface area contributed by atoms with Crippen LogP contribution in [0.2, 0.25) is 0 Å². The third-order valence-electron chi connectivity index (χ3n) is 3.78. The van der Waals surface area contributed by atoms with Gasteiger partial charge in [-0.3, -0.25) is 4.79 Å². The third-order valence-corrected chi connectivity index (χ3v) is 3.78. The number of hydrogen-bond acceptors (Lipinski definition) is 2. The zero-order valence-corrected chi connectivity index (χ0v) is 9.45. The van der Waals surface area contributed by atoms with E-state index in [0.717, 1.165) is 19.4 Å². The lowest BCUT2D eigenvalue weighted by Crippen LogP contribution is -2.52. The van der Waals surface area contributed by atoms with E-state index in [1.54, 1.807) is 0 Å². The van der Waals surface area contributed by atoms with Crippen LogP contribution in [0.5, 0.6) is 0 Å². The first kappa shape index (κ1) is 10.9. The predicted octanol–water partition coefficient (Wildman–Crippen LogP) is 1.66. The molecule has 0 spiro atoms. The zero-order valence-electron chi connectivity index (χ0n) is 9.45. The van der Waals surface area contributed by atoms with Crippen LogP contribution in [0.1, 0.15) is 51.4 Å². The van der Waals surface area contributed by atoms with Crippen molar-refractivity contribution in [1.29, 1.82) is 0 Å². The first-order valence-electron chi connectivity index (χ1n) is 6.35. The van der Waals surface area contributed by atoms with Crippen molar-refractivity contribution >= 4 is 5.91 Å². The highest BCUT2D eigenvalue weighted by Crippen LogP contribution is 2.24. The number of hydrogen-bond donors (Lipinski definition) is 1. The van der Waals surface area contributed by atoms with E-state index in [0.29, 0.717) is 6.04 Å². The van der Waals surface area contributed by atoms with E-state index in [1.807, 2.05) is 0 Å². The molecule has 1 atom stereocenters. The second-order valence-electron chi connectivity index (χ2n) is 4.93. The Morgan fingerprint density at radius 3 is 2.33 bits per heavy atom. The molecule has 2 N–H and O–H groups in total. The van der Waals surface area contributed by atoms with Gasteiger partial charge in [0.25, 0.3) is 0 Å². The Morgan fingerprint density at radius 1 is 1.00 bits per heavy atom. The number of nitrogens with two attached hydrogens (primary N) is 1. The fourth-order valence-electron chi connectivity index (χ4n) is 2.86. The summed E-state index contributed by atoms with van der Waals surface area (Å²) in [6, 6.07) is 0.272. The summed E-state index contributed by atoms with van der Waals surface area (Å²) in [6.45, 7) is 0.942. The molecule has 2 fully saturated rings. The van der Waals surface area contributed by atoms with Crippen molar-refractivity contribution in [3.63, 3.8) is 0 Å². The Bertz CT molecular complexity index is 222. The molecule has 15 heavy (non-hydrogen) atoms. The molecule has 0 aromatic carbocycles. The average Bonchev–Trinajstić information content (AvgIpc) is 2.50. The molecule has 2 rings (SSSR count). The summed E-state index contributed by atoms with van der Waals surface area (Å²) in [6.07, 6.45) is 9.59. The van der Waals surface area contributed by atoms with Crippen LogP contribution in [0.3, 0.4) is 0 Å². The normalized spacial score (nSPS) is 30.3. The lowest BCUT2D eigenvalue weighted by atomic mass is 10.00. The van der Waals surface area contributed by atoms with Gasteiger partial charge in [-0.2, -0.15) is 0 Å². The number of carbonyl (C=O) groups is 1. The van der Waals surface area contributed by atoms with Crippen molar-refractivity contribution in [2.45, 2.75) is 63.5 Å². The van der Waals surface area contributed by atoms with Crippen molar-refractivity contribution in [3.05, 3.63) is 0 Å². The van der Waals surface area contributed by atoms with Gasteiger partial charge in [-0.25, -0.2) is 0 Å². The summed E-state index contributed by atoms with van der Waals surface area (Å²) < 4.78 is 0. The van der Waals surface area contributed by atoms with Crippen LogP contribution in [0.4, 0.5) is 0 Å². The van der Waals surface area contributed by atoms with Gasteiger partial charge in [0.15, 0.2) is 0 Å². The number of amides is 1. The van der Waals surface area contributed by atoms with Gasteiger partial charge >= 0.3 is 0 Å². The molecule has 1 saturated carbocycles. The van der Waals surface area contributed by atoms with Gasteiger partial charge in [0.05, 0.1) is 6.04 Å². The topological polar surface area (TPSA) is 46.3 Å². The molecule has 2 aliphatic rings. The minimum Gasteiger partial charge on any atom is -0.338 e. The molecule has 0 aromatic heterocycles. The predicted molar refractivity (Wildman–Crippen MR) is 60.4 cm³/mol. The van der Waals surface area contributed by atoms with Gasteiger partial charge in [0.1, 0.15) is 0 Å². The second kappa shape index (κ2) is 4.97. The molecule has 3 nitrogen and oxygen atoms in total. The zero-order chi connectivity index (χ0) is 10.7. The Balaban J connectivity index is 1.97. The van der Waals surface area contributed by atoms with Gasteiger partial charge in [-0.1, -0.05) is 25.7 Å². The van der Waals surface area contributed by atoms with Crippen LogP contribution in [-0.4, -0.2) is 29.4 Å². The number of rotatable bonds is 1. The Labute approximate surface area is 92.0 Å². The van der Waals surface area contributed by atoms with Crippen molar-refractivity contribution in [1.82, 2.24) is 4.90 Å². The molecular formula is C12H22N2O. The molecule has 0 radical (unpaired) electrons. The molecule has 1 unspecified atom stereocenters. The Kier molecular flexibility index (Phi) is 3.62. The molecule has 86 valence electrons. The number of piperidine rings is 1. The van der Waals surface area contributed by atoms with E-state index in [9.17, 15) is 4.79 Å². The second-order valence-corrected chi connectivity index (χ2v) is 4.93. The van der Waals surface area contributed by atoms with Gasteiger partial charge in [-0.15, -0.1) is 0 Å². The van der Waals surface area contributed by atoms with Gasteiger partial charge < -0.3 is 10.6 Å². The van der Waals surface area contributed by atoms with Crippen molar-refractivity contribution < 1.29 is 4.79 Å². The lowest BCUT2D eigenvalue weighted by molar-refractivity contribution is -0.137. The summed E-state index contributed by atoms with van der Waals surface area (Å²) in [7, 11) is 0. The van der Waals surface area contributed by atoms with Crippen LogP contribution in [0.15, 0.2) is 0 Å². The standard InChI is InChI=1S/C12H22N2O/c13-11-8-5-9-14(12(11)15)10-6-3-1-2-4-7-10/h10-11H,1-9,13H2. The quantitative estimate of drug-likeness (QED) is 0.669. The van der Waals surface area contributed by atoms with Crippen molar-refractivity contribution in [2.24, 2.45) is 5.73 Å². The molecule has 3 heteroatoms. The van der Waals surface area contributed by atoms with E-state index in [1.165, 1.54) is 38.5 Å². The maximum Gasteiger partial charge on any atom is 0.239 e. The van der Waals surface area contributed by atoms with Crippen LogP contribution >= 0.6 is 0 Å². The minimum absolute atomic E-state index is 0.202. The molecule has 1 saturated heterocycles. The smallest absolute Gasteiger partial charge is 0.239 e. The van der Waals surface area contributed by atoms with Crippen LogP contribution in [0.25, 0.3) is 0 Å². The van der Waals surface area contributed by atoms with E-state index in [4.69, 9.17) is 5.73 Å². The summed E-state index contributed by atoms with van der Waals surface area (Å²) >= 11 is 0. The number of carbonyl (C=O) groups excluding carboxylic acids is 1. The molecule has 1 heterocycles. The monoisotopic (exact) mass is 210 g/mol. The van der Waals surface area contributed by atoms with Crippen LogP contribution in [0, 0.1) is 0 Å². The summed E-state index contributed by atoms with van der Waals surface area (Å²) in [5, 5.41) is 0. The van der Waals surface area contributed by atoms with Gasteiger partial charge in [0, 0.05) is 12.6 Å². The summed E-state index contributed by atoms with van der Waals surface area (Å²) in [5.74, 6) is 0.202. The largest absolute Gasteiger partial charge is 0.338 e.